The average molecular weight is 449 g/mol. The third-order valence-electron chi connectivity index (χ3n) is 6.91. The van der Waals surface area contributed by atoms with Gasteiger partial charge < -0.3 is 14.8 Å². The average Bonchev–Trinajstić information content (AvgIpc) is 3.35. The second-order valence-electron chi connectivity index (χ2n) is 9.37. The fourth-order valence-electron chi connectivity index (χ4n) is 5.13. The van der Waals surface area contributed by atoms with Crippen molar-refractivity contribution in [1.29, 1.82) is 0 Å². The van der Waals surface area contributed by atoms with Gasteiger partial charge >= 0.3 is 0 Å². The minimum atomic E-state index is -0.505. The van der Waals surface area contributed by atoms with E-state index in [-0.39, 0.29) is 0 Å². The first-order valence-corrected chi connectivity index (χ1v) is 12.5. The Morgan fingerprint density at radius 3 is 2.91 bits per heavy atom. The number of H-pyrrole nitrogens is 1. The molecule has 4 aromatic rings. The van der Waals surface area contributed by atoms with Crippen LogP contribution in [0.15, 0.2) is 47.8 Å². The number of nitrogens with one attached hydrogen (secondary N) is 1. The molecular formula is C27H32N2O2S. The Morgan fingerprint density at radius 1 is 1.19 bits per heavy atom. The number of β-amino-alcohol motifs (C(OH)–C–C–N with tert-alkyl or cyclic N) is 1. The van der Waals surface area contributed by atoms with Crippen LogP contribution in [0.4, 0.5) is 0 Å². The summed E-state index contributed by atoms with van der Waals surface area (Å²) in [5.74, 6) is 1.42. The number of rotatable bonds is 6. The van der Waals surface area contributed by atoms with E-state index in [1.807, 2.05) is 30.4 Å². The highest BCUT2D eigenvalue weighted by Crippen LogP contribution is 2.35. The van der Waals surface area contributed by atoms with Crippen LogP contribution in [0.2, 0.25) is 0 Å². The quantitative estimate of drug-likeness (QED) is 0.380. The van der Waals surface area contributed by atoms with Gasteiger partial charge in [-0.2, -0.15) is 0 Å². The molecule has 4 nitrogen and oxygen atoms in total. The van der Waals surface area contributed by atoms with Gasteiger partial charge in [0.2, 0.25) is 0 Å². The van der Waals surface area contributed by atoms with E-state index in [1.54, 1.807) is 0 Å². The van der Waals surface area contributed by atoms with Crippen LogP contribution < -0.4 is 4.74 Å². The molecule has 0 spiro atoms. The molecule has 1 fully saturated rings. The van der Waals surface area contributed by atoms with Gasteiger partial charge in [0.05, 0.1) is 0 Å². The van der Waals surface area contributed by atoms with E-state index in [0.717, 1.165) is 41.7 Å². The van der Waals surface area contributed by atoms with E-state index in [2.05, 4.69) is 59.4 Å². The number of aromatic nitrogens is 1. The summed E-state index contributed by atoms with van der Waals surface area (Å²) in [4.78, 5) is 5.75. The smallest absolute Gasteiger partial charge is 0.128 e. The van der Waals surface area contributed by atoms with Crippen molar-refractivity contribution in [2.75, 3.05) is 19.7 Å². The molecule has 1 aliphatic rings. The number of hydrogen-bond donors (Lipinski definition) is 2. The summed E-state index contributed by atoms with van der Waals surface area (Å²) in [6.45, 7) is 8.49. The first-order valence-electron chi connectivity index (χ1n) is 11.6. The first kappa shape index (κ1) is 21.5. The molecule has 32 heavy (non-hydrogen) atoms. The Kier molecular flexibility index (Phi) is 5.97. The Morgan fingerprint density at radius 2 is 2.06 bits per heavy atom. The van der Waals surface area contributed by atoms with Crippen LogP contribution in [0.3, 0.4) is 0 Å². The maximum absolute atomic E-state index is 10.7. The van der Waals surface area contributed by atoms with Crippen LogP contribution >= 0.6 is 11.3 Å². The number of hydrogen-bond acceptors (Lipinski definition) is 4. The molecule has 3 heterocycles. The van der Waals surface area contributed by atoms with E-state index in [0.29, 0.717) is 25.1 Å². The van der Waals surface area contributed by atoms with E-state index >= 15 is 0 Å². The molecule has 5 rings (SSSR count). The Hall–Kier alpha value is -2.34. The van der Waals surface area contributed by atoms with Crippen LogP contribution in [-0.4, -0.2) is 46.8 Å². The van der Waals surface area contributed by atoms with Crippen molar-refractivity contribution in [3.8, 4) is 5.75 Å². The fraction of sp³-hybridized carbons (Fsp3) is 0.407. The Balaban J connectivity index is 1.17. The molecule has 2 aromatic carbocycles. The van der Waals surface area contributed by atoms with Gasteiger partial charge in [-0.3, -0.25) is 4.90 Å². The van der Waals surface area contributed by atoms with Crippen molar-refractivity contribution in [2.45, 2.75) is 51.7 Å². The third kappa shape index (κ3) is 4.29. The Bertz CT molecular complexity index is 1230. The van der Waals surface area contributed by atoms with Crippen molar-refractivity contribution in [2.24, 2.45) is 0 Å². The predicted octanol–water partition coefficient (Wildman–Crippen LogP) is 6.01. The summed E-state index contributed by atoms with van der Waals surface area (Å²) in [6, 6.07) is 15.6. The molecule has 1 saturated heterocycles. The van der Waals surface area contributed by atoms with Crippen LogP contribution in [0.5, 0.6) is 5.75 Å². The Labute approximate surface area is 193 Å². The predicted molar refractivity (Wildman–Crippen MR) is 134 cm³/mol. The monoisotopic (exact) mass is 448 g/mol. The SMILES string of the molecule is Cc1cc2c(OC[C@@H](O)CN3CC[C@@H](c4ccc5c(C)csc5c4)C[C@@H]3C)cccc2[nH]1. The number of thiophene rings is 1. The second kappa shape index (κ2) is 8.89. The molecule has 2 aromatic heterocycles. The molecule has 0 bridgehead atoms. The summed E-state index contributed by atoms with van der Waals surface area (Å²) in [6.07, 6.45) is 1.76. The summed E-state index contributed by atoms with van der Waals surface area (Å²) in [5, 5.41) is 15.4. The normalized spacial score (nSPS) is 20.8. The van der Waals surface area contributed by atoms with Crippen molar-refractivity contribution >= 4 is 32.3 Å². The van der Waals surface area contributed by atoms with Crippen molar-refractivity contribution in [1.82, 2.24) is 9.88 Å². The van der Waals surface area contributed by atoms with Crippen molar-refractivity contribution in [3.05, 3.63) is 64.7 Å². The molecule has 0 radical (unpaired) electrons. The summed E-state index contributed by atoms with van der Waals surface area (Å²) >= 11 is 1.85. The highest BCUT2D eigenvalue weighted by molar-refractivity contribution is 7.17. The molecule has 0 aliphatic carbocycles. The lowest BCUT2D eigenvalue weighted by atomic mass is 9.85. The number of likely N-dealkylation sites (tertiary alicyclic amines) is 1. The molecule has 3 atom stereocenters. The molecule has 0 saturated carbocycles. The summed E-state index contributed by atoms with van der Waals surface area (Å²) < 4.78 is 7.41. The maximum atomic E-state index is 10.7. The summed E-state index contributed by atoms with van der Waals surface area (Å²) in [5.41, 5.74) is 5.02. The highest BCUT2D eigenvalue weighted by Gasteiger charge is 2.28. The standard InChI is InChI=1S/C27H32N2O2S/c1-17-16-32-27-13-20(7-8-23(17)27)21-9-10-29(19(3)12-21)14-22(30)15-31-26-6-4-5-25-24(26)11-18(2)28-25/h4-8,11,13,16,19,21-22,28,30H,9-10,12,14-15H2,1-3H3/t19-,21+,22-/m0/s1. The lowest BCUT2D eigenvalue weighted by Crippen LogP contribution is -2.45. The van der Waals surface area contributed by atoms with E-state index in [1.165, 1.54) is 21.2 Å². The number of fused-ring (bicyclic) bond motifs is 2. The van der Waals surface area contributed by atoms with Gasteiger partial charge in [0.15, 0.2) is 0 Å². The molecule has 1 aliphatic heterocycles. The van der Waals surface area contributed by atoms with Gasteiger partial charge in [-0.05, 0) is 92.2 Å². The van der Waals surface area contributed by atoms with Crippen LogP contribution in [0.25, 0.3) is 21.0 Å². The number of piperidine rings is 1. The number of nitrogens with zero attached hydrogens (tertiary/aromatic N) is 1. The lowest BCUT2D eigenvalue weighted by molar-refractivity contribution is 0.0406. The van der Waals surface area contributed by atoms with E-state index in [9.17, 15) is 5.11 Å². The molecule has 0 amide bonds. The maximum Gasteiger partial charge on any atom is 0.128 e. The van der Waals surface area contributed by atoms with Gasteiger partial charge in [-0.15, -0.1) is 11.3 Å². The summed E-state index contributed by atoms with van der Waals surface area (Å²) in [7, 11) is 0. The van der Waals surface area contributed by atoms with Crippen LogP contribution in [-0.2, 0) is 0 Å². The minimum absolute atomic E-state index is 0.310. The fourth-order valence-corrected chi connectivity index (χ4v) is 6.12. The number of aryl methyl sites for hydroxylation is 2. The van der Waals surface area contributed by atoms with Crippen molar-refractivity contribution in [3.63, 3.8) is 0 Å². The lowest BCUT2D eigenvalue weighted by Gasteiger charge is -2.38. The van der Waals surface area contributed by atoms with Crippen LogP contribution in [0.1, 0.15) is 42.5 Å². The number of aliphatic hydroxyl groups is 1. The zero-order valence-electron chi connectivity index (χ0n) is 19.1. The van der Waals surface area contributed by atoms with Gasteiger partial charge in [-0.25, -0.2) is 0 Å². The first-order chi connectivity index (χ1) is 15.5. The highest BCUT2D eigenvalue weighted by atomic mass is 32.1. The van der Waals surface area contributed by atoms with Crippen molar-refractivity contribution < 1.29 is 9.84 Å². The zero-order valence-corrected chi connectivity index (χ0v) is 19.9. The van der Waals surface area contributed by atoms with Gasteiger partial charge in [0, 0.05) is 33.9 Å². The topological polar surface area (TPSA) is 48.5 Å². The number of aliphatic hydroxyl groups excluding tert-OH is 1. The van der Waals surface area contributed by atoms with E-state index < -0.39 is 6.10 Å². The minimum Gasteiger partial charge on any atom is -0.490 e. The van der Waals surface area contributed by atoms with Crippen LogP contribution in [0, 0.1) is 13.8 Å². The number of benzene rings is 2. The number of ether oxygens (including phenoxy) is 1. The molecule has 0 unspecified atom stereocenters. The van der Waals surface area contributed by atoms with Gasteiger partial charge in [-0.1, -0.05) is 18.2 Å². The largest absolute Gasteiger partial charge is 0.490 e. The van der Waals surface area contributed by atoms with Gasteiger partial charge in [0.1, 0.15) is 18.5 Å². The molecule has 168 valence electrons. The second-order valence-corrected chi connectivity index (χ2v) is 10.3. The molecule has 5 heteroatoms. The zero-order chi connectivity index (χ0) is 22.2. The molecular weight excluding hydrogens is 416 g/mol. The number of aromatic amines is 1. The molecule has 2 N–H and O–H groups in total. The van der Waals surface area contributed by atoms with Gasteiger partial charge in [0.25, 0.3) is 0 Å². The van der Waals surface area contributed by atoms with E-state index in [4.69, 9.17) is 4.74 Å². The third-order valence-corrected chi connectivity index (χ3v) is 7.98.